The van der Waals surface area contributed by atoms with Gasteiger partial charge < -0.3 is 14.8 Å². The molecule has 0 bridgehead atoms. The van der Waals surface area contributed by atoms with E-state index in [9.17, 15) is 26.4 Å². The highest BCUT2D eigenvalue weighted by Crippen LogP contribution is 2.31. The van der Waals surface area contributed by atoms with Gasteiger partial charge in [0.1, 0.15) is 12.4 Å². The number of carbonyl (C=O) groups excluding carboxylic acids is 1. The van der Waals surface area contributed by atoms with E-state index in [4.69, 9.17) is 9.47 Å². The lowest BCUT2D eigenvalue weighted by molar-refractivity contribution is -0.137. The Kier molecular flexibility index (Phi) is 7.97. The summed E-state index contributed by atoms with van der Waals surface area (Å²) < 4.78 is 74.9. The summed E-state index contributed by atoms with van der Waals surface area (Å²) in [5.41, 5.74) is -0.554. The van der Waals surface area contributed by atoms with E-state index >= 15 is 0 Å². The van der Waals surface area contributed by atoms with Crippen LogP contribution in [-0.4, -0.2) is 58.1 Å². The fourth-order valence-electron chi connectivity index (χ4n) is 2.94. The molecule has 0 aromatic heterocycles. The molecule has 0 aliphatic carbocycles. The first-order chi connectivity index (χ1) is 15.7. The van der Waals surface area contributed by atoms with Crippen molar-refractivity contribution in [3.8, 4) is 17.6 Å². The van der Waals surface area contributed by atoms with Gasteiger partial charge in [-0.2, -0.15) is 17.5 Å². The quantitative estimate of drug-likeness (QED) is 0.640. The zero-order chi connectivity index (χ0) is 23.9. The van der Waals surface area contributed by atoms with Gasteiger partial charge in [0.05, 0.1) is 30.2 Å². The van der Waals surface area contributed by atoms with Crippen molar-refractivity contribution >= 4 is 15.9 Å². The topological polar surface area (TPSA) is 84.9 Å². The average Bonchev–Trinajstić information content (AvgIpc) is 2.81. The Hall–Kier alpha value is -3.07. The molecule has 1 amide bonds. The molecule has 11 heteroatoms. The number of nitrogens with zero attached hydrogens (tertiary/aromatic N) is 1. The number of halogens is 3. The van der Waals surface area contributed by atoms with Crippen LogP contribution in [0.4, 0.5) is 13.2 Å². The van der Waals surface area contributed by atoms with Gasteiger partial charge in [-0.3, -0.25) is 4.79 Å². The second kappa shape index (κ2) is 10.7. The maximum Gasteiger partial charge on any atom is 0.416 e. The second-order valence-corrected chi connectivity index (χ2v) is 8.83. The van der Waals surface area contributed by atoms with Gasteiger partial charge in [-0.25, -0.2) is 8.42 Å². The molecular formula is C22H21F3N2O5S. The summed E-state index contributed by atoms with van der Waals surface area (Å²) in [6.45, 7) is 1.07. The molecule has 0 spiro atoms. The molecule has 1 fully saturated rings. The minimum atomic E-state index is -4.46. The Labute approximate surface area is 189 Å². The SMILES string of the molecule is O=C(NCC#CCOc1cccc(C(F)(F)F)c1)c1ccc(S(=O)(=O)N2CCOCC2)cc1. The Morgan fingerprint density at radius 2 is 1.79 bits per heavy atom. The summed E-state index contributed by atoms with van der Waals surface area (Å²) in [6.07, 6.45) is -4.46. The van der Waals surface area contributed by atoms with Crippen LogP contribution in [0, 0.1) is 11.8 Å². The molecule has 2 aromatic rings. The van der Waals surface area contributed by atoms with Crippen LogP contribution in [0.25, 0.3) is 0 Å². The predicted octanol–water partition coefficient (Wildman–Crippen LogP) is 2.54. The first-order valence-electron chi connectivity index (χ1n) is 9.90. The van der Waals surface area contributed by atoms with Crippen molar-refractivity contribution < 1.29 is 35.9 Å². The number of benzene rings is 2. The molecule has 0 unspecified atom stereocenters. The van der Waals surface area contributed by atoms with Crippen molar-refractivity contribution in [1.29, 1.82) is 0 Å². The zero-order valence-electron chi connectivity index (χ0n) is 17.4. The number of alkyl halides is 3. The highest BCUT2D eigenvalue weighted by Gasteiger charge is 2.30. The molecule has 33 heavy (non-hydrogen) atoms. The zero-order valence-corrected chi connectivity index (χ0v) is 18.2. The number of ether oxygens (including phenoxy) is 2. The molecule has 0 radical (unpaired) electrons. The highest BCUT2D eigenvalue weighted by molar-refractivity contribution is 7.89. The lowest BCUT2D eigenvalue weighted by atomic mass is 10.2. The van der Waals surface area contributed by atoms with E-state index in [0.29, 0.717) is 13.2 Å². The molecule has 1 aliphatic heterocycles. The van der Waals surface area contributed by atoms with Crippen LogP contribution in [-0.2, 0) is 20.9 Å². The minimum Gasteiger partial charge on any atom is -0.481 e. The van der Waals surface area contributed by atoms with Crippen LogP contribution in [0.2, 0.25) is 0 Å². The highest BCUT2D eigenvalue weighted by atomic mass is 32.2. The monoisotopic (exact) mass is 482 g/mol. The van der Waals surface area contributed by atoms with Gasteiger partial charge in [0.2, 0.25) is 10.0 Å². The van der Waals surface area contributed by atoms with Crippen LogP contribution < -0.4 is 10.1 Å². The Bertz CT molecular complexity index is 1130. The van der Waals surface area contributed by atoms with Gasteiger partial charge in [-0.1, -0.05) is 17.9 Å². The average molecular weight is 482 g/mol. The molecule has 1 heterocycles. The summed E-state index contributed by atoms with van der Waals surface area (Å²) in [4.78, 5) is 12.3. The number of hydrogen-bond donors (Lipinski definition) is 1. The van der Waals surface area contributed by atoms with E-state index in [0.717, 1.165) is 12.1 Å². The van der Waals surface area contributed by atoms with Gasteiger partial charge in [-0.15, -0.1) is 0 Å². The molecule has 1 N–H and O–H groups in total. The second-order valence-electron chi connectivity index (χ2n) is 6.89. The summed E-state index contributed by atoms with van der Waals surface area (Å²) in [5, 5.41) is 2.55. The third kappa shape index (κ3) is 6.71. The standard InChI is InChI=1S/C22H21F3N2O5S/c23-22(24,25)18-4-3-5-19(16-18)32-13-2-1-10-26-21(28)17-6-8-20(9-7-17)33(29,30)27-11-14-31-15-12-27/h3-9,16H,10-15H2,(H,26,28). The number of rotatable bonds is 6. The number of carbonyl (C=O) groups is 1. The number of amides is 1. The Morgan fingerprint density at radius 3 is 2.45 bits per heavy atom. The van der Waals surface area contributed by atoms with E-state index in [1.807, 2.05) is 0 Å². The molecule has 7 nitrogen and oxygen atoms in total. The number of nitrogens with one attached hydrogen (secondary N) is 1. The van der Waals surface area contributed by atoms with Crippen molar-refractivity contribution in [3.63, 3.8) is 0 Å². The van der Waals surface area contributed by atoms with Crippen molar-refractivity contribution in [3.05, 3.63) is 59.7 Å². The van der Waals surface area contributed by atoms with Crippen LogP contribution in [0.5, 0.6) is 5.75 Å². The number of morpholine rings is 1. The smallest absolute Gasteiger partial charge is 0.416 e. The van der Waals surface area contributed by atoms with E-state index in [1.165, 1.54) is 40.7 Å². The molecule has 0 saturated carbocycles. The lowest BCUT2D eigenvalue weighted by Gasteiger charge is -2.26. The van der Waals surface area contributed by atoms with Gasteiger partial charge in [0, 0.05) is 18.7 Å². The van der Waals surface area contributed by atoms with E-state index in [-0.39, 0.29) is 42.4 Å². The number of hydrogen-bond acceptors (Lipinski definition) is 5. The first-order valence-corrected chi connectivity index (χ1v) is 11.3. The summed E-state index contributed by atoms with van der Waals surface area (Å²) in [5.74, 6) is 4.83. The maximum atomic E-state index is 12.7. The number of sulfonamides is 1. The third-order valence-corrected chi connectivity index (χ3v) is 6.57. The van der Waals surface area contributed by atoms with E-state index in [1.54, 1.807) is 0 Å². The normalized spacial score (nSPS) is 14.8. The van der Waals surface area contributed by atoms with E-state index < -0.39 is 27.7 Å². The Morgan fingerprint density at radius 1 is 1.09 bits per heavy atom. The molecule has 1 saturated heterocycles. The van der Waals surface area contributed by atoms with Gasteiger partial charge in [0.15, 0.2) is 0 Å². The molecule has 0 atom stereocenters. The molecule has 1 aliphatic rings. The fourth-order valence-corrected chi connectivity index (χ4v) is 4.34. The van der Waals surface area contributed by atoms with Crippen LogP contribution in [0.1, 0.15) is 15.9 Å². The predicted molar refractivity (Wildman–Crippen MR) is 113 cm³/mol. The third-order valence-electron chi connectivity index (χ3n) is 4.66. The maximum absolute atomic E-state index is 12.7. The van der Waals surface area contributed by atoms with E-state index in [2.05, 4.69) is 17.2 Å². The summed E-state index contributed by atoms with van der Waals surface area (Å²) >= 11 is 0. The molecule has 2 aromatic carbocycles. The minimum absolute atomic E-state index is 0.0153. The summed E-state index contributed by atoms with van der Waals surface area (Å²) in [7, 11) is -3.64. The van der Waals surface area contributed by atoms with Crippen molar-refractivity contribution in [1.82, 2.24) is 9.62 Å². The van der Waals surface area contributed by atoms with Crippen LogP contribution in [0.15, 0.2) is 53.4 Å². The van der Waals surface area contributed by atoms with Crippen LogP contribution in [0.3, 0.4) is 0 Å². The van der Waals surface area contributed by atoms with Gasteiger partial charge in [-0.05, 0) is 42.5 Å². The fraction of sp³-hybridized carbons (Fsp3) is 0.318. The Balaban J connectivity index is 1.47. The molecular weight excluding hydrogens is 461 g/mol. The lowest BCUT2D eigenvalue weighted by Crippen LogP contribution is -2.40. The van der Waals surface area contributed by atoms with Crippen LogP contribution >= 0.6 is 0 Å². The first kappa shape index (κ1) is 24.6. The molecule has 176 valence electrons. The van der Waals surface area contributed by atoms with Crippen molar-refractivity contribution in [2.75, 3.05) is 39.5 Å². The van der Waals surface area contributed by atoms with Crippen molar-refractivity contribution in [2.45, 2.75) is 11.1 Å². The largest absolute Gasteiger partial charge is 0.481 e. The summed E-state index contributed by atoms with van der Waals surface area (Å²) in [6, 6.07) is 10.0. The molecule has 3 rings (SSSR count). The van der Waals surface area contributed by atoms with Gasteiger partial charge >= 0.3 is 6.18 Å². The van der Waals surface area contributed by atoms with Gasteiger partial charge in [0.25, 0.3) is 5.91 Å². The van der Waals surface area contributed by atoms with Crippen molar-refractivity contribution in [2.24, 2.45) is 0 Å².